The Morgan fingerprint density at radius 2 is 2.03 bits per heavy atom. The van der Waals surface area contributed by atoms with Crippen LogP contribution in [0, 0.1) is 0 Å². The number of likely N-dealkylation sites (tertiary alicyclic amines) is 1. The van der Waals surface area contributed by atoms with E-state index in [2.05, 4.69) is 30.7 Å². The fraction of sp³-hybridized carbons (Fsp3) is 0.429. The van der Waals surface area contributed by atoms with Crippen LogP contribution in [0.4, 0.5) is 29.3 Å². The van der Waals surface area contributed by atoms with Gasteiger partial charge in [-0.2, -0.15) is 4.98 Å². The van der Waals surface area contributed by atoms with Gasteiger partial charge in [-0.1, -0.05) is 0 Å². The minimum atomic E-state index is -2.92. The minimum Gasteiger partial charge on any atom is -0.371 e. The van der Waals surface area contributed by atoms with Crippen LogP contribution in [0.5, 0.6) is 0 Å². The van der Waals surface area contributed by atoms with Gasteiger partial charge in [0.05, 0.1) is 31.2 Å². The first-order valence-electron chi connectivity index (χ1n) is 10.8. The average molecular weight is 477 g/mol. The smallest absolute Gasteiger partial charge is 0.280 e. The number of rotatable bonds is 6. The largest absolute Gasteiger partial charge is 0.371 e. The molecule has 9 nitrogen and oxygen atoms in total. The van der Waals surface area contributed by atoms with E-state index in [-0.39, 0.29) is 18.9 Å². The molecule has 1 aliphatic rings. The molecule has 5 rings (SSSR count). The summed E-state index contributed by atoms with van der Waals surface area (Å²) in [5.74, 6) is -2.43. The fourth-order valence-corrected chi connectivity index (χ4v) is 4.28. The number of anilines is 2. The van der Waals surface area contributed by atoms with Gasteiger partial charge in [0.15, 0.2) is 11.5 Å². The van der Waals surface area contributed by atoms with Crippen molar-refractivity contribution in [2.75, 3.05) is 37.8 Å². The van der Waals surface area contributed by atoms with Crippen molar-refractivity contribution in [3.8, 4) is 11.3 Å². The first-order chi connectivity index (χ1) is 16.2. The Hall–Kier alpha value is -3.48. The van der Waals surface area contributed by atoms with Gasteiger partial charge in [0.1, 0.15) is 11.0 Å². The molecular formula is C21H23F4N9. The molecule has 0 spiro atoms. The average Bonchev–Trinajstić information content (AvgIpc) is 3.38. The topological polar surface area (TPSA) is 88.2 Å². The summed E-state index contributed by atoms with van der Waals surface area (Å²) in [7, 11) is 3.33. The SMILES string of the molecule is CNc1nc(N[C@@H]2CCN(C)CC2(F)F)nn2ccc(-c3ccc4ncn(CC(F)F)c4n3)c12. The van der Waals surface area contributed by atoms with Crippen LogP contribution in [-0.4, -0.2) is 79.6 Å². The first-order valence-corrected chi connectivity index (χ1v) is 10.8. The molecule has 0 aliphatic carbocycles. The Labute approximate surface area is 191 Å². The lowest BCUT2D eigenvalue weighted by atomic mass is 10.0. The van der Waals surface area contributed by atoms with E-state index in [0.29, 0.717) is 40.3 Å². The van der Waals surface area contributed by atoms with Crippen molar-refractivity contribution in [2.24, 2.45) is 0 Å². The zero-order chi connectivity index (χ0) is 24.0. The number of piperidine rings is 1. The number of pyridine rings is 1. The molecule has 4 aromatic rings. The second kappa shape index (κ2) is 8.38. The van der Waals surface area contributed by atoms with Gasteiger partial charge in [-0.3, -0.25) is 0 Å². The van der Waals surface area contributed by atoms with E-state index in [9.17, 15) is 17.6 Å². The van der Waals surface area contributed by atoms with Crippen LogP contribution < -0.4 is 10.6 Å². The first kappa shape index (κ1) is 22.3. The fourth-order valence-electron chi connectivity index (χ4n) is 4.28. The minimum absolute atomic E-state index is 0.0756. The number of nitrogens with zero attached hydrogens (tertiary/aromatic N) is 7. The zero-order valence-electron chi connectivity index (χ0n) is 18.5. The molecule has 0 radical (unpaired) electrons. The third-order valence-electron chi connectivity index (χ3n) is 5.91. The van der Waals surface area contributed by atoms with Gasteiger partial charge >= 0.3 is 0 Å². The number of aromatic nitrogens is 6. The second-order valence-electron chi connectivity index (χ2n) is 8.37. The molecule has 1 aliphatic heterocycles. The van der Waals surface area contributed by atoms with E-state index >= 15 is 0 Å². The van der Waals surface area contributed by atoms with Crippen molar-refractivity contribution in [1.82, 2.24) is 34.0 Å². The Kier molecular flexibility index (Phi) is 5.50. The van der Waals surface area contributed by atoms with Gasteiger partial charge in [0.2, 0.25) is 5.95 Å². The summed E-state index contributed by atoms with van der Waals surface area (Å²) < 4.78 is 57.7. The van der Waals surface area contributed by atoms with Crippen LogP contribution in [0.15, 0.2) is 30.7 Å². The van der Waals surface area contributed by atoms with E-state index in [4.69, 9.17) is 0 Å². The summed E-state index contributed by atoms with van der Waals surface area (Å²) in [6.45, 7) is -0.306. The number of halogens is 4. The number of fused-ring (bicyclic) bond motifs is 2. The van der Waals surface area contributed by atoms with Crippen LogP contribution in [0.25, 0.3) is 27.9 Å². The van der Waals surface area contributed by atoms with Gasteiger partial charge in [-0.15, -0.1) is 5.10 Å². The van der Waals surface area contributed by atoms with Gasteiger partial charge < -0.3 is 20.1 Å². The molecular weight excluding hydrogens is 454 g/mol. The van der Waals surface area contributed by atoms with Crippen molar-refractivity contribution in [2.45, 2.75) is 31.4 Å². The van der Waals surface area contributed by atoms with E-state index in [1.807, 2.05) is 0 Å². The molecule has 4 aromatic heterocycles. The maximum absolute atomic E-state index is 14.5. The Morgan fingerprint density at radius 3 is 2.76 bits per heavy atom. The molecule has 13 heteroatoms. The highest BCUT2D eigenvalue weighted by molar-refractivity contribution is 5.89. The Morgan fingerprint density at radius 1 is 1.21 bits per heavy atom. The monoisotopic (exact) mass is 477 g/mol. The van der Waals surface area contributed by atoms with E-state index in [1.54, 1.807) is 43.4 Å². The molecule has 0 unspecified atom stereocenters. The summed E-state index contributed by atoms with van der Waals surface area (Å²) in [5, 5.41) is 10.2. The Bertz CT molecular complexity index is 1330. The summed E-state index contributed by atoms with van der Waals surface area (Å²) in [4.78, 5) is 14.7. The van der Waals surface area contributed by atoms with Crippen LogP contribution >= 0.6 is 0 Å². The molecule has 0 saturated carbocycles. The quantitative estimate of drug-likeness (QED) is 0.413. The van der Waals surface area contributed by atoms with Crippen LogP contribution in [0.3, 0.4) is 0 Å². The lowest BCUT2D eigenvalue weighted by Gasteiger charge is -2.36. The van der Waals surface area contributed by atoms with Gasteiger partial charge in [0, 0.05) is 25.4 Å². The predicted octanol–water partition coefficient (Wildman–Crippen LogP) is 3.20. The van der Waals surface area contributed by atoms with Crippen LogP contribution in [0.1, 0.15) is 6.42 Å². The molecule has 34 heavy (non-hydrogen) atoms. The normalized spacial score (nSPS) is 18.7. The van der Waals surface area contributed by atoms with Crippen molar-refractivity contribution >= 4 is 28.4 Å². The van der Waals surface area contributed by atoms with Crippen molar-refractivity contribution < 1.29 is 17.6 Å². The maximum atomic E-state index is 14.5. The van der Waals surface area contributed by atoms with E-state index in [1.165, 1.54) is 15.4 Å². The lowest BCUT2D eigenvalue weighted by molar-refractivity contribution is -0.0675. The Balaban J connectivity index is 1.52. The van der Waals surface area contributed by atoms with E-state index in [0.717, 1.165) is 0 Å². The van der Waals surface area contributed by atoms with Crippen LogP contribution in [-0.2, 0) is 6.54 Å². The predicted molar refractivity (Wildman–Crippen MR) is 120 cm³/mol. The molecule has 1 fully saturated rings. The summed E-state index contributed by atoms with van der Waals surface area (Å²) in [5.41, 5.74) is 2.60. The van der Waals surface area contributed by atoms with Crippen LogP contribution in [0.2, 0.25) is 0 Å². The van der Waals surface area contributed by atoms with Crippen molar-refractivity contribution in [3.63, 3.8) is 0 Å². The molecule has 1 atom stereocenters. The summed E-state index contributed by atoms with van der Waals surface area (Å²) >= 11 is 0. The molecule has 0 amide bonds. The zero-order valence-corrected chi connectivity index (χ0v) is 18.5. The van der Waals surface area contributed by atoms with Crippen molar-refractivity contribution in [3.05, 3.63) is 30.7 Å². The molecule has 180 valence electrons. The number of hydrogen-bond acceptors (Lipinski definition) is 7. The van der Waals surface area contributed by atoms with E-state index < -0.39 is 24.9 Å². The molecule has 2 N–H and O–H groups in total. The highest BCUT2D eigenvalue weighted by Gasteiger charge is 2.44. The number of nitrogens with one attached hydrogen (secondary N) is 2. The summed E-state index contributed by atoms with van der Waals surface area (Å²) in [6, 6.07) is 4.13. The number of alkyl halides is 4. The third-order valence-corrected chi connectivity index (χ3v) is 5.91. The molecule has 0 bridgehead atoms. The lowest BCUT2D eigenvalue weighted by Crippen LogP contribution is -2.53. The maximum Gasteiger partial charge on any atom is 0.280 e. The standard InChI is InChI=1S/C21H23F4N9/c1-26-18-17-12(13-3-4-14-19(28-13)33(11-27-14)9-16(22)23)5-8-34(17)31-20(30-18)29-15-6-7-32(2)10-21(15,24)25/h3-5,8,11,15-16H,6-7,9-10H2,1-2H3,(H2,26,29,30,31)/t15-/m1/s1. The highest BCUT2D eigenvalue weighted by atomic mass is 19.3. The molecule has 5 heterocycles. The number of hydrogen-bond donors (Lipinski definition) is 2. The van der Waals surface area contributed by atoms with Gasteiger partial charge in [-0.25, -0.2) is 32.0 Å². The summed E-state index contributed by atoms with van der Waals surface area (Å²) in [6.07, 6.45) is 0.732. The number of imidazole rings is 1. The molecule has 1 saturated heterocycles. The van der Waals surface area contributed by atoms with Gasteiger partial charge in [0.25, 0.3) is 12.3 Å². The second-order valence-corrected chi connectivity index (χ2v) is 8.37. The van der Waals surface area contributed by atoms with Gasteiger partial charge in [-0.05, 0) is 31.7 Å². The van der Waals surface area contributed by atoms with Crippen molar-refractivity contribution in [1.29, 1.82) is 0 Å². The third kappa shape index (κ3) is 4.00. The highest BCUT2D eigenvalue weighted by Crippen LogP contribution is 2.32. The molecule has 0 aromatic carbocycles.